The van der Waals surface area contributed by atoms with Gasteiger partial charge in [0.2, 0.25) is 17.8 Å². The van der Waals surface area contributed by atoms with Crippen LogP contribution in [0.25, 0.3) is 11.3 Å². The monoisotopic (exact) mass is 612 g/mol. The van der Waals surface area contributed by atoms with Gasteiger partial charge in [-0.05, 0) is 58.7 Å². The van der Waals surface area contributed by atoms with Gasteiger partial charge in [0, 0.05) is 35.3 Å². The van der Waals surface area contributed by atoms with Crippen LogP contribution < -0.4 is 15.6 Å². The highest BCUT2D eigenvalue weighted by Gasteiger charge is 2.17. The number of ether oxygens (including phenoxy) is 1. The molecule has 3 heterocycles. The highest BCUT2D eigenvalue weighted by molar-refractivity contribution is 9.10. The van der Waals surface area contributed by atoms with E-state index in [4.69, 9.17) is 20.8 Å². The van der Waals surface area contributed by atoms with Crippen molar-refractivity contribution >= 4 is 63.0 Å². The molecule has 14 heteroatoms. The minimum atomic E-state index is -0.506. The summed E-state index contributed by atoms with van der Waals surface area (Å²) < 4.78 is 12.1. The third-order valence-corrected chi connectivity index (χ3v) is 6.67. The Morgan fingerprint density at radius 3 is 2.64 bits per heavy atom. The van der Waals surface area contributed by atoms with E-state index in [0.717, 1.165) is 15.7 Å². The van der Waals surface area contributed by atoms with Crippen molar-refractivity contribution in [3.8, 4) is 11.3 Å². The first-order valence-electron chi connectivity index (χ1n) is 11.8. The number of morpholine rings is 1. The minimum absolute atomic E-state index is 0.0984. The Hall–Kier alpha value is -4.07. The van der Waals surface area contributed by atoms with Gasteiger partial charge < -0.3 is 19.4 Å². The van der Waals surface area contributed by atoms with Crippen LogP contribution in [0.3, 0.4) is 0 Å². The molecular formula is C25H22BrClN8O4. The smallest absolute Gasteiger partial charge is 0.270 e. The standard InChI is InChI=1S/C25H22BrClN8O4/c1-15-2-6-21(19(26)12-15)29-23-30-24(32-25(31-23)34-8-10-38-11-9-34)33-28-14-17-4-7-22(39-17)18-5-3-16(35(36)37)13-20(18)27/h2-7,12-14H,8-11H2,1H3,(H2,29,30,31,32,33)/b28-14+. The topological polar surface area (TPSA) is 144 Å². The molecular weight excluding hydrogens is 592 g/mol. The first kappa shape index (κ1) is 26.5. The number of aromatic nitrogens is 3. The summed E-state index contributed by atoms with van der Waals surface area (Å²) >= 11 is 9.79. The van der Waals surface area contributed by atoms with Crippen LogP contribution in [0.1, 0.15) is 11.3 Å². The van der Waals surface area contributed by atoms with Gasteiger partial charge in [0.25, 0.3) is 5.69 Å². The summed E-state index contributed by atoms with van der Waals surface area (Å²) in [6.07, 6.45) is 1.46. The zero-order chi connectivity index (χ0) is 27.4. The fraction of sp³-hybridized carbons (Fsp3) is 0.200. The summed E-state index contributed by atoms with van der Waals surface area (Å²) in [5.41, 5.74) is 5.19. The van der Waals surface area contributed by atoms with Crippen LogP contribution in [0, 0.1) is 17.0 Å². The number of hydrogen-bond acceptors (Lipinski definition) is 11. The van der Waals surface area contributed by atoms with E-state index in [2.05, 4.69) is 46.7 Å². The molecule has 1 fully saturated rings. The Kier molecular flexibility index (Phi) is 8.00. The minimum Gasteiger partial charge on any atom is -0.455 e. The predicted molar refractivity (Wildman–Crippen MR) is 152 cm³/mol. The van der Waals surface area contributed by atoms with E-state index in [1.807, 2.05) is 30.0 Å². The highest BCUT2D eigenvalue weighted by atomic mass is 79.9. The van der Waals surface area contributed by atoms with Crippen LogP contribution in [0.4, 0.5) is 29.2 Å². The molecule has 0 bridgehead atoms. The second-order valence-electron chi connectivity index (χ2n) is 8.48. The van der Waals surface area contributed by atoms with E-state index >= 15 is 0 Å². The molecule has 0 atom stereocenters. The average Bonchev–Trinajstić information content (AvgIpc) is 3.39. The van der Waals surface area contributed by atoms with Crippen molar-refractivity contribution in [1.29, 1.82) is 0 Å². The van der Waals surface area contributed by atoms with Crippen molar-refractivity contribution in [2.45, 2.75) is 6.92 Å². The number of anilines is 4. The van der Waals surface area contributed by atoms with Gasteiger partial charge in [0.15, 0.2) is 0 Å². The molecule has 0 spiro atoms. The van der Waals surface area contributed by atoms with Gasteiger partial charge in [0.1, 0.15) is 11.5 Å². The maximum absolute atomic E-state index is 11.0. The third kappa shape index (κ3) is 6.50. The van der Waals surface area contributed by atoms with E-state index in [9.17, 15) is 10.1 Å². The summed E-state index contributed by atoms with van der Waals surface area (Å²) in [6.45, 7) is 4.48. The van der Waals surface area contributed by atoms with Crippen LogP contribution in [0.15, 0.2) is 62.5 Å². The summed E-state index contributed by atoms with van der Waals surface area (Å²) in [5, 5.41) is 18.6. The van der Waals surface area contributed by atoms with E-state index in [0.29, 0.717) is 55.3 Å². The SMILES string of the molecule is Cc1ccc(Nc2nc(N/N=C/c3ccc(-c4ccc([N+](=O)[O-])cc4Cl)o3)nc(N3CCOCC3)n2)c(Br)c1. The Morgan fingerprint density at radius 1 is 1.10 bits per heavy atom. The Morgan fingerprint density at radius 2 is 1.90 bits per heavy atom. The number of rotatable bonds is 8. The molecule has 1 saturated heterocycles. The molecule has 2 aromatic carbocycles. The predicted octanol–water partition coefficient (Wildman–Crippen LogP) is 5.79. The molecule has 0 amide bonds. The summed E-state index contributed by atoms with van der Waals surface area (Å²) in [6, 6.07) is 13.5. The van der Waals surface area contributed by atoms with Crippen molar-refractivity contribution < 1.29 is 14.1 Å². The number of hydrogen-bond donors (Lipinski definition) is 2. The highest BCUT2D eigenvalue weighted by Crippen LogP contribution is 2.32. The second kappa shape index (κ2) is 11.8. The molecule has 39 heavy (non-hydrogen) atoms. The van der Waals surface area contributed by atoms with E-state index in [1.165, 1.54) is 24.4 Å². The van der Waals surface area contributed by atoms with Crippen LogP contribution in [-0.2, 0) is 4.74 Å². The number of nitrogens with zero attached hydrogens (tertiary/aromatic N) is 6. The molecule has 0 unspecified atom stereocenters. The lowest BCUT2D eigenvalue weighted by molar-refractivity contribution is -0.384. The fourth-order valence-corrected chi connectivity index (χ4v) is 4.62. The fourth-order valence-electron chi connectivity index (χ4n) is 3.76. The molecule has 2 N–H and O–H groups in total. The Balaban J connectivity index is 1.35. The zero-order valence-electron chi connectivity index (χ0n) is 20.6. The molecule has 0 aliphatic carbocycles. The van der Waals surface area contributed by atoms with E-state index in [1.54, 1.807) is 12.1 Å². The van der Waals surface area contributed by atoms with Gasteiger partial charge in [0.05, 0.1) is 35.1 Å². The summed E-state index contributed by atoms with van der Waals surface area (Å²) in [7, 11) is 0. The molecule has 200 valence electrons. The molecule has 1 aliphatic heterocycles. The average molecular weight is 614 g/mol. The van der Waals surface area contributed by atoms with Gasteiger partial charge in [-0.3, -0.25) is 10.1 Å². The van der Waals surface area contributed by atoms with Gasteiger partial charge in [-0.25, -0.2) is 5.43 Å². The number of nitrogens with one attached hydrogen (secondary N) is 2. The van der Waals surface area contributed by atoms with Crippen molar-refractivity contribution in [3.63, 3.8) is 0 Å². The number of nitro groups is 1. The first-order chi connectivity index (χ1) is 18.9. The molecule has 4 aromatic rings. The van der Waals surface area contributed by atoms with Crippen LogP contribution in [0.2, 0.25) is 5.02 Å². The zero-order valence-corrected chi connectivity index (χ0v) is 22.9. The lowest BCUT2D eigenvalue weighted by atomic mass is 10.1. The largest absolute Gasteiger partial charge is 0.455 e. The van der Waals surface area contributed by atoms with Crippen molar-refractivity contribution in [3.05, 3.63) is 79.5 Å². The number of non-ortho nitro benzene ring substituents is 1. The second-order valence-corrected chi connectivity index (χ2v) is 9.75. The molecule has 2 aromatic heterocycles. The van der Waals surface area contributed by atoms with Crippen LogP contribution in [-0.4, -0.2) is 52.4 Å². The molecule has 1 aliphatic rings. The van der Waals surface area contributed by atoms with Crippen LogP contribution in [0.5, 0.6) is 0 Å². The quantitative estimate of drug-likeness (QED) is 0.142. The van der Waals surface area contributed by atoms with Crippen molar-refractivity contribution in [1.82, 2.24) is 15.0 Å². The first-order valence-corrected chi connectivity index (χ1v) is 13.0. The molecule has 5 rings (SSSR count). The number of aryl methyl sites for hydroxylation is 1. The third-order valence-electron chi connectivity index (χ3n) is 5.70. The summed E-state index contributed by atoms with van der Waals surface area (Å²) in [4.78, 5) is 26.1. The maximum atomic E-state index is 11.0. The van der Waals surface area contributed by atoms with E-state index < -0.39 is 4.92 Å². The molecule has 0 radical (unpaired) electrons. The van der Waals surface area contributed by atoms with Gasteiger partial charge >= 0.3 is 0 Å². The molecule has 12 nitrogen and oxygen atoms in total. The van der Waals surface area contributed by atoms with Crippen molar-refractivity contribution in [2.24, 2.45) is 5.10 Å². The number of furan rings is 1. The molecule has 0 saturated carbocycles. The van der Waals surface area contributed by atoms with E-state index in [-0.39, 0.29) is 16.7 Å². The number of hydrazone groups is 1. The number of halogens is 2. The van der Waals surface area contributed by atoms with Gasteiger partial charge in [-0.2, -0.15) is 20.1 Å². The number of benzene rings is 2. The lowest BCUT2D eigenvalue weighted by Gasteiger charge is -2.27. The maximum Gasteiger partial charge on any atom is 0.270 e. The Bertz CT molecular complexity index is 1540. The summed E-state index contributed by atoms with van der Waals surface area (Å²) in [5.74, 6) is 1.95. The van der Waals surface area contributed by atoms with Crippen molar-refractivity contribution in [2.75, 3.05) is 41.9 Å². The van der Waals surface area contributed by atoms with Crippen LogP contribution >= 0.6 is 27.5 Å². The number of nitro benzene ring substituents is 1. The normalized spacial score (nSPS) is 13.6. The Labute approximate surface area is 236 Å². The van der Waals surface area contributed by atoms with Gasteiger partial charge in [-0.15, -0.1) is 0 Å². The van der Waals surface area contributed by atoms with Gasteiger partial charge in [-0.1, -0.05) is 17.7 Å². The lowest BCUT2D eigenvalue weighted by Crippen LogP contribution is -2.37.